The largest absolute Gasteiger partial charge is 0.491 e. The minimum atomic E-state index is 0.0577. The Balaban J connectivity index is 2.75. The maximum atomic E-state index is 6.22. The van der Waals surface area contributed by atoms with Gasteiger partial charge in [-0.3, -0.25) is 0 Å². The summed E-state index contributed by atoms with van der Waals surface area (Å²) in [5.74, 6) is 0.787. The van der Waals surface area contributed by atoms with Crippen LogP contribution in [-0.4, -0.2) is 20.3 Å². The summed E-state index contributed by atoms with van der Waals surface area (Å²) < 4.78 is 10.4. The van der Waals surface area contributed by atoms with Gasteiger partial charge in [0.05, 0.1) is 6.61 Å². The molecule has 0 N–H and O–H groups in total. The van der Waals surface area contributed by atoms with Crippen LogP contribution in [0.1, 0.15) is 26.3 Å². The molecule has 1 rings (SSSR count). The van der Waals surface area contributed by atoms with E-state index in [0.29, 0.717) is 13.2 Å². The molecule has 0 saturated heterocycles. The van der Waals surface area contributed by atoms with Gasteiger partial charge in [0, 0.05) is 12.1 Å². The van der Waals surface area contributed by atoms with Gasteiger partial charge in [0.2, 0.25) is 0 Å². The molecule has 1 aromatic carbocycles. The topological polar surface area (TPSA) is 18.5 Å². The van der Waals surface area contributed by atoms with Crippen LogP contribution in [-0.2, 0) is 10.2 Å². The van der Waals surface area contributed by atoms with Gasteiger partial charge < -0.3 is 9.47 Å². The van der Waals surface area contributed by atoms with Crippen molar-refractivity contribution < 1.29 is 9.47 Å². The van der Waals surface area contributed by atoms with E-state index in [0.717, 1.165) is 16.3 Å². The first kappa shape index (κ1) is 13.3. The Labute approximate surface area is 103 Å². The van der Waals surface area contributed by atoms with Gasteiger partial charge in [-0.25, -0.2) is 0 Å². The van der Waals surface area contributed by atoms with Crippen LogP contribution in [0.15, 0.2) is 18.2 Å². The van der Waals surface area contributed by atoms with Gasteiger partial charge in [0.1, 0.15) is 12.4 Å². The molecule has 3 heteroatoms. The van der Waals surface area contributed by atoms with Crippen LogP contribution in [0.3, 0.4) is 0 Å². The average Bonchev–Trinajstić information content (AvgIpc) is 2.16. The second-order valence-electron chi connectivity index (χ2n) is 4.73. The standard InChI is InChI=1S/C13H19ClO2/c1-13(2,3)11-6-5-10(9-12(11)14)16-8-7-15-4/h5-6,9H,7-8H2,1-4H3. The predicted octanol–water partition coefficient (Wildman–Crippen LogP) is 3.66. The van der Waals surface area contributed by atoms with E-state index < -0.39 is 0 Å². The predicted molar refractivity (Wildman–Crippen MR) is 67.5 cm³/mol. The zero-order valence-corrected chi connectivity index (χ0v) is 11.1. The van der Waals surface area contributed by atoms with E-state index in [-0.39, 0.29) is 5.41 Å². The lowest BCUT2D eigenvalue weighted by Gasteiger charge is -2.21. The molecule has 0 saturated carbocycles. The first-order valence-corrected chi connectivity index (χ1v) is 5.74. The van der Waals surface area contributed by atoms with Gasteiger partial charge in [-0.2, -0.15) is 0 Å². The highest BCUT2D eigenvalue weighted by Gasteiger charge is 2.17. The zero-order valence-electron chi connectivity index (χ0n) is 10.3. The molecule has 0 fully saturated rings. The Kier molecular flexibility index (Phi) is 4.63. The molecule has 0 radical (unpaired) electrons. The Morgan fingerprint density at radius 1 is 1.19 bits per heavy atom. The molecule has 1 aromatic rings. The van der Waals surface area contributed by atoms with Crippen molar-refractivity contribution in [1.29, 1.82) is 0 Å². The smallest absolute Gasteiger partial charge is 0.120 e. The molecular formula is C13H19ClO2. The Morgan fingerprint density at radius 3 is 2.38 bits per heavy atom. The van der Waals surface area contributed by atoms with Crippen molar-refractivity contribution >= 4 is 11.6 Å². The van der Waals surface area contributed by atoms with Crippen LogP contribution in [0.25, 0.3) is 0 Å². The van der Waals surface area contributed by atoms with Gasteiger partial charge in [-0.15, -0.1) is 0 Å². The summed E-state index contributed by atoms with van der Waals surface area (Å²) in [6.45, 7) is 7.54. The quantitative estimate of drug-likeness (QED) is 0.751. The SMILES string of the molecule is COCCOc1ccc(C(C)(C)C)c(Cl)c1. The van der Waals surface area contributed by atoms with Gasteiger partial charge in [-0.1, -0.05) is 38.4 Å². The number of halogens is 1. The van der Waals surface area contributed by atoms with Crippen molar-refractivity contribution in [2.24, 2.45) is 0 Å². The number of ether oxygens (including phenoxy) is 2. The number of rotatable bonds is 4. The summed E-state index contributed by atoms with van der Waals surface area (Å²) in [7, 11) is 1.65. The molecule has 0 aliphatic carbocycles. The van der Waals surface area contributed by atoms with Crippen LogP contribution >= 0.6 is 11.6 Å². The third-order valence-corrected chi connectivity index (χ3v) is 2.62. The van der Waals surface area contributed by atoms with Crippen molar-refractivity contribution in [3.63, 3.8) is 0 Å². The summed E-state index contributed by atoms with van der Waals surface area (Å²) in [6, 6.07) is 5.82. The second-order valence-corrected chi connectivity index (χ2v) is 5.14. The average molecular weight is 243 g/mol. The molecule has 0 aliphatic rings. The van der Waals surface area contributed by atoms with E-state index in [9.17, 15) is 0 Å². The van der Waals surface area contributed by atoms with E-state index in [4.69, 9.17) is 21.1 Å². The first-order chi connectivity index (χ1) is 7.45. The van der Waals surface area contributed by atoms with Crippen molar-refractivity contribution in [2.75, 3.05) is 20.3 Å². The fraction of sp³-hybridized carbons (Fsp3) is 0.538. The van der Waals surface area contributed by atoms with E-state index >= 15 is 0 Å². The lowest BCUT2D eigenvalue weighted by molar-refractivity contribution is 0.146. The maximum absolute atomic E-state index is 6.22. The normalized spacial score (nSPS) is 11.6. The van der Waals surface area contributed by atoms with E-state index in [1.807, 2.05) is 18.2 Å². The number of benzene rings is 1. The molecule has 2 nitrogen and oxygen atoms in total. The summed E-state index contributed by atoms with van der Waals surface area (Å²) in [4.78, 5) is 0. The van der Waals surface area contributed by atoms with Gasteiger partial charge >= 0.3 is 0 Å². The summed E-state index contributed by atoms with van der Waals surface area (Å²) in [6.07, 6.45) is 0. The number of hydrogen-bond acceptors (Lipinski definition) is 2. The van der Waals surface area contributed by atoms with E-state index in [1.165, 1.54) is 0 Å². The second kappa shape index (κ2) is 5.55. The van der Waals surface area contributed by atoms with Crippen LogP contribution in [0.4, 0.5) is 0 Å². The fourth-order valence-corrected chi connectivity index (χ4v) is 1.89. The molecule has 0 bridgehead atoms. The summed E-state index contributed by atoms with van der Waals surface area (Å²) in [5.41, 5.74) is 1.19. The van der Waals surface area contributed by atoms with Crippen molar-refractivity contribution in [3.8, 4) is 5.75 Å². The van der Waals surface area contributed by atoms with Gasteiger partial charge in [0.15, 0.2) is 0 Å². The van der Waals surface area contributed by atoms with Gasteiger partial charge in [-0.05, 0) is 23.1 Å². The first-order valence-electron chi connectivity index (χ1n) is 5.37. The summed E-state index contributed by atoms with van der Waals surface area (Å²) in [5, 5.41) is 0.752. The minimum Gasteiger partial charge on any atom is -0.491 e. The van der Waals surface area contributed by atoms with E-state index in [1.54, 1.807) is 7.11 Å². The molecule has 16 heavy (non-hydrogen) atoms. The molecule has 0 atom stereocenters. The highest BCUT2D eigenvalue weighted by Crippen LogP contribution is 2.31. The molecule has 0 spiro atoms. The number of methoxy groups -OCH3 is 1. The molecule has 90 valence electrons. The van der Waals surface area contributed by atoms with E-state index in [2.05, 4.69) is 20.8 Å². The molecule has 0 heterocycles. The van der Waals surface area contributed by atoms with Crippen LogP contribution < -0.4 is 4.74 Å². The zero-order chi connectivity index (χ0) is 12.2. The van der Waals surface area contributed by atoms with Crippen LogP contribution in [0, 0.1) is 0 Å². The molecule has 0 amide bonds. The Bertz CT molecular complexity index is 342. The molecular weight excluding hydrogens is 224 g/mol. The monoisotopic (exact) mass is 242 g/mol. The Morgan fingerprint density at radius 2 is 1.88 bits per heavy atom. The Hall–Kier alpha value is -0.730. The van der Waals surface area contributed by atoms with Crippen molar-refractivity contribution in [1.82, 2.24) is 0 Å². The lowest BCUT2D eigenvalue weighted by Crippen LogP contribution is -2.12. The lowest BCUT2D eigenvalue weighted by atomic mass is 9.87. The fourth-order valence-electron chi connectivity index (χ4n) is 1.44. The van der Waals surface area contributed by atoms with Crippen molar-refractivity contribution in [3.05, 3.63) is 28.8 Å². The third kappa shape index (κ3) is 3.69. The molecule has 0 unspecified atom stereocenters. The maximum Gasteiger partial charge on any atom is 0.120 e. The third-order valence-electron chi connectivity index (χ3n) is 2.30. The molecule has 0 aliphatic heterocycles. The number of hydrogen-bond donors (Lipinski definition) is 0. The summed E-state index contributed by atoms with van der Waals surface area (Å²) >= 11 is 6.22. The van der Waals surface area contributed by atoms with Crippen LogP contribution in [0.5, 0.6) is 5.75 Å². The highest BCUT2D eigenvalue weighted by atomic mass is 35.5. The van der Waals surface area contributed by atoms with Crippen molar-refractivity contribution in [2.45, 2.75) is 26.2 Å². The van der Waals surface area contributed by atoms with Gasteiger partial charge in [0.25, 0.3) is 0 Å². The van der Waals surface area contributed by atoms with Crippen LogP contribution in [0.2, 0.25) is 5.02 Å². The molecule has 0 aromatic heterocycles. The highest BCUT2D eigenvalue weighted by molar-refractivity contribution is 6.31. The minimum absolute atomic E-state index is 0.0577.